The van der Waals surface area contributed by atoms with E-state index in [1.807, 2.05) is 44.4 Å². The number of carbonyl (C=O) groups is 1. The summed E-state index contributed by atoms with van der Waals surface area (Å²) in [7, 11) is 3.36. The zero-order chi connectivity index (χ0) is 18.4. The number of aromatic nitrogens is 1. The second-order valence-electron chi connectivity index (χ2n) is 6.08. The number of ether oxygens (including phenoxy) is 2. The van der Waals surface area contributed by atoms with Gasteiger partial charge in [0.15, 0.2) is 11.5 Å². The molecule has 6 nitrogen and oxygen atoms in total. The van der Waals surface area contributed by atoms with Gasteiger partial charge in [0.25, 0.3) is 0 Å². The van der Waals surface area contributed by atoms with Crippen molar-refractivity contribution in [3.63, 3.8) is 0 Å². The van der Waals surface area contributed by atoms with Gasteiger partial charge < -0.3 is 19.7 Å². The lowest BCUT2D eigenvalue weighted by molar-refractivity contribution is 0.203. The molecule has 0 saturated carbocycles. The number of methoxy groups -OCH3 is 1. The average Bonchev–Trinajstić information content (AvgIpc) is 3.07. The summed E-state index contributed by atoms with van der Waals surface area (Å²) in [4.78, 5) is 18.2. The molecule has 0 saturated heterocycles. The largest absolute Gasteiger partial charge is 0.493 e. The molecule has 2 rings (SSSR count). The third kappa shape index (κ3) is 5.35. The lowest BCUT2D eigenvalue weighted by atomic mass is 10.1. The number of nitrogens with one attached hydrogen (secondary N) is 1. The fraction of sp³-hybridized carbons (Fsp3) is 0.444. The minimum atomic E-state index is -0.160. The molecule has 2 amide bonds. The van der Waals surface area contributed by atoms with Gasteiger partial charge in [-0.25, -0.2) is 9.78 Å². The lowest BCUT2D eigenvalue weighted by Gasteiger charge is -2.22. The maximum Gasteiger partial charge on any atom is 0.317 e. The summed E-state index contributed by atoms with van der Waals surface area (Å²) in [6.07, 6.45) is 0.0660. The topological polar surface area (TPSA) is 63.7 Å². The maximum atomic E-state index is 12.4. The molecule has 0 aliphatic heterocycles. The van der Waals surface area contributed by atoms with Gasteiger partial charge in [0, 0.05) is 12.4 Å². The predicted molar refractivity (Wildman–Crippen MR) is 99.3 cm³/mol. The van der Waals surface area contributed by atoms with Gasteiger partial charge >= 0.3 is 6.03 Å². The Balaban J connectivity index is 2.01. The lowest BCUT2D eigenvalue weighted by Crippen LogP contribution is -2.38. The highest BCUT2D eigenvalue weighted by molar-refractivity contribution is 7.07. The summed E-state index contributed by atoms with van der Waals surface area (Å²) < 4.78 is 11.1. The van der Waals surface area contributed by atoms with Crippen molar-refractivity contribution in [3.8, 4) is 11.5 Å². The van der Waals surface area contributed by atoms with Crippen LogP contribution >= 0.6 is 11.3 Å². The summed E-state index contributed by atoms with van der Waals surface area (Å²) in [6.45, 7) is 6.35. The summed E-state index contributed by atoms with van der Waals surface area (Å²) in [6, 6.07) is 5.39. The van der Waals surface area contributed by atoms with Crippen molar-refractivity contribution >= 4 is 17.4 Å². The summed E-state index contributed by atoms with van der Waals surface area (Å²) in [5.41, 5.74) is 3.59. The molecule has 0 unspecified atom stereocenters. The van der Waals surface area contributed by atoms with Crippen LogP contribution in [0.15, 0.2) is 29.1 Å². The van der Waals surface area contributed by atoms with E-state index in [4.69, 9.17) is 9.47 Å². The number of carbonyl (C=O) groups excluding carboxylic acids is 1. The molecule has 7 heteroatoms. The fourth-order valence-corrected chi connectivity index (χ4v) is 2.86. The molecule has 1 atom stereocenters. The van der Waals surface area contributed by atoms with E-state index in [9.17, 15) is 4.79 Å². The molecule has 1 aromatic heterocycles. The normalized spacial score (nSPS) is 11.9. The van der Waals surface area contributed by atoms with E-state index in [1.165, 1.54) is 11.3 Å². The molecule has 1 heterocycles. The van der Waals surface area contributed by atoms with Crippen molar-refractivity contribution in [1.82, 2.24) is 15.2 Å². The molecule has 0 fully saturated rings. The summed E-state index contributed by atoms with van der Waals surface area (Å²) >= 11 is 1.52. The smallest absolute Gasteiger partial charge is 0.317 e. The average molecular weight is 363 g/mol. The first-order valence-corrected chi connectivity index (χ1v) is 9.08. The first kappa shape index (κ1) is 19.1. The number of benzene rings is 1. The standard InChI is InChI=1S/C18H25N3O3S/c1-12(2)24-16-7-6-14(8-17(16)23-5)13(3)20-18(22)21(4)9-15-10-25-11-19-15/h6-8,10-13H,9H2,1-5H3,(H,20,22)/t13-/m1/s1. The number of rotatable bonds is 7. The van der Waals surface area contributed by atoms with Crippen molar-refractivity contribution in [2.75, 3.05) is 14.2 Å². The Morgan fingerprint density at radius 1 is 1.32 bits per heavy atom. The third-order valence-electron chi connectivity index (χ3n) is 3.62. The van der Waals surface area contributed by atoms with E-state index in [-0.39, 0.29) is 18.2 Å². The van der Waals surface area contributed by atoms with Gasteiger partial charge in [0.05, 0.1) is 37.0 Å². The second-order valence-corrected chi connectivity index (χ2v) is 6.80. The molecule has 0 radical (unpaired) electrons. The third-order valence-corrected chi connectivity index (χ3v) is 4.25. The van der Waals surface area contributed by atoms with Crippen molar-refractivity contribution in [2.24, 2.45) is 0 Å². The van der Waals surface area contributed by atoms with Crippen molar-refractivity contribution < 1.29 is 14.3 Å². The molecule has 25 heavy (non-hydrogen) atoms. The number of nitrogens with zero attached hydrogens (tertiary/aromatic N) is 2. The van der Waals surface area contributed by atoms with Crippen LogP contribution in [0.3, 0.4) is 0 Å². The summed E-state index contributed by atoms with van der Waals surface area (Å²) in [5, 5.41) is 4.92. The van der Waals surface area contributed by atoms with Gasteiger partial charge in [-0.2, -0.15) is 0 Å². The van der Waals surface area contributed by atoms with Crippen LogP contribution in [0.5, 0.6) is 11.5 Å². The minimum Gasteiger partial charge on any atom is -0.493 e. The molecule has 2 aromatic rings. The Kier molecular flexibility index (Phi) is 6.64. The van der Waals surface area contributed by atoms with Gasteiger partial charge in [-0.15, -0.1) is 11.3 Å². The van der Waals surface area contributed by atoms with Gasteiger partial charge in [-0.1, -0.05) is 6.07 Å². The van der Waals surface area contributed by atoms with Crippen LogP contribution in [-0.4, -0.2) is 36.2 Å². The molecule has 1 aromatic carbocycles. The minimum absolute atomic E-state index is 0.0660. The Labute approximate surface area is 152 Å². The highest BCUT2D eigenvalue weighted by atomic mass is 32.1. The zero-order valence-corrected chi connectivity index (χ0v) is 16.1. The van der Waals surface area contributed by atoms with E-state index >= 15 is 0 Å². The van der Waals surface area contributed by atoms with Gasteiger partial charge in [-0.05, 0) is 38.5 Å². The predicted octanol–water partition coefficient (Wildman–Crippen LogP) is 3.84. The van der Waals surface area contributed by atoms with E-state index < -0.39 is 0 Å². The van der Waals surface area contributed by atoms with Crippen LogP contribution in [0.1, 0.15) is 38.1 Å². The van der Waals surface area contributed by atoms with Gasteiger partial charge in [-0.3, -0.25) is 0 Å². The fourth-order valence-electron chi connectivity index (χ4n) is 2.31. The zero-order valence-electron chi connectivity index (χ0n) is 15.3. The Bertz CT molecular complexity index is 689. The number of hydrogen-bond donors (Lipinski definition) is 1. The molecule has 0 aliphatic rings. The van der Waals surface area contributed by atoms with E-state index in [1.54, 1.807) is 24.6 Å². The molecule has 0 spiro atoms. The first-order valence-electron chi connectivity index (χ1n) is 8.14. The SMILES string of the molecule is COc1cc([C@@H](C)NC(=O)N(C)Cc2cscn2)ccc1OC(C)C. The summed E-state index contributed by atoms with van der Waals surface area (Å²) in [5.74, 6) is 1.35. The van der Waals surface area contributed by atoms with Crippen molar-refractivity contribution in [2.45, 2.75) is 39.5 Å². The van der Waals surface area contributed by atoms with Crippen LogP contribution in [0.25, 0.3) is 0 Å². The van der Waals surface area contributed by atoms with Crippen LogP contribution < -0.4 is 14.8 Å². The second kappa shape index (κ2) is 8.71. The molecule has 1 N–H and O–H groups in total. The molecule has 0 bridgehead atoms. The van der Waals surface area contributed by atoms with Crippen LogP contribution in [0.4, 0.5) is 4.79 Å². The number of hydrogen-bond acceptors (Lipinski definition) is 5. The Morgan fingerprint density at radius 3 is 2.68 bits per heavy atom. The molecular weight excluding hydrogens is 338 g/mol. The molecule has 0 aliphatic carbocycles. The molecule has 136 valence electrons. The van der Waals surface area contributed by atoms with Crippen LogP contribution in [-0.2, 0) is 6.54 Å². The Morgan fingerprint density at radius 2 is 2.08 bits per heavy atom. The number of thiazole rings is 1. The number of urea groups is 1. The van der Waals surface area contributed by atoms with E-state index in [0.717, 1.165) is 11.3 Å². The monoisotopic (exact) mass is 363 g/mol. The first-order chi connectivity index (χ1) is 11.9. The maximum absolute atomic E-state index is 12.4. The molecular formula is C18H25N3O3S. The van der Waals surface area contributed by atoms with Crippen molar-refractivity contribution in [1.29, 1.82) is 0 Å². The van der Waals surface area contributed by atoms with Gasteiger partial charge in [0.1, 0.15) is 0 Å². The Hall–Kier alpha value is -2.28. The highest BCUT2D eigenvalue weighted by Gasteiger charge is 2.16. The van der Waals surface area contributed by atoms with Crippen LogP contribution in [0.2, 0.25) is 0 Å². The van der Waals surface area contributed by atoms with Gasteiger partial charge in [0.2, 0.25) is 0 Å². The number of amides is 2. The quantitative estimate of drug-likeness (QED) is 0.812. The van der Waals surface area contributed by atoms with Crippen LogP contribution in [0, 0.1) is 0 Å². The van der Waals surface area contributed by atoms with E-state index in [0.29, 0.717) is 18.0 Å². The highest BCUT2D eigenvalue weighted by Crippen LogP contribution is 2.31. The van der Waals surface area contributed by atoms with E-state index in [2.05, 4.69) is 10.3 Å². The van der Waals surface area contributed by atoms with Crippen molar-refractivity contribution in [3.05, 3.63) is 40.3 Å².